The molecule has 0 aliphatic heterocycles. The van der Waals surface area contributed by atoms with Crippen molar-refractivity contribution >= 4 is 88.5 Å². The minimum atomic E-state index is -3.38. The van der Waals surface area contributed by atoms with E-state index in [1.165, 1.54) is 32.3 Å². The Labute approximate surface area is 340 Å². The van der Waals surface area contributed by atoms with Crippen molar-refractivity contribution in [3.05, 3.63) is 218 Å². The summed E-state index contributed by atoms with van der Waals surface area (Å²) in [4.78, 5) is 0. The molecule has 0 saturated carbocycles. The maximum atomic E-state index is 16.3. The summed E-state index contributed by atoms with van der Waals surface area (Å²) in [5.41, 5.74) is 9.95. The number of hydrogen-bond acceptors (Lipinski definition) is 1. The molecule has 3 aromatic heterocycles. The fraction of sp³-hybridized carbons (Fsp3) is 0. The van der Waals surface area contributed by atoms with E-state index in [-0.39, 0.29) is 0 Å². The highest BCUT2D eigenvalue weighted by Gasteiger charge is 2.30. The summed E-state index contributed by atoms with van der Waals surface area (Å²) in [7, 11) is -3.38. The average molecular weight is 774 g/mol. The van der Waals surface area contributed by atoms with Gasteiger partial charge < -0.3 is 18.3 Å². The van der Waals surface area contributed by atoms with Crippen LogP contribution in [-0.4, -0.2) is 13.7 Å². The first kappa shape index (κ1) is 33.7. The number of hydrogen-bond donors (Lipinski definition) is 0. The molecule has 0 aliphatic carbocycles. The lowest BCUT2D eigenvalue weighted by Crippen LogP contribution is -2.25. The first-order valence-electron chi connectivity index (χ1n) is 20.0. The molecule has 0 bridgehead atoms. The quantitative estimate of drug-likeness (QED) is 0.155. The third-order valence-corrected chi connectivity index (χ3v) is 15.2. The second-order valence-electron chi connectivity index (χ2n) is 15.3. The van der Waals surface area contributed by atoms with Crippen LogP contribution in [0.3, 0.4) is 0 Å². The Balaban J connectivity index is 1.02. The van der Waals surface area contributed by atoms with E-state index in [1.807, 2.05) is 0 Å². The number of aromatic nitrogens is 3. The summed E-state index contributed by atoms with van der Waals surface area (Å²) >= 11 is 0. The maximum absolute atomic E-state index is 16.3. The van der Waals surface area contributed by atoms with Crippen LogP contribution in [0, 0.1) is 0 Å². The Morgan fingerprint density at radius 3 is 0.627 bits per heavy atom. The van der Waals surface area contributed by atoms with Crippen molar-refractivity contribution < 1.29 is 4.57 Å². The predicted molar refractivity (Wildman–Crippen MR) is 249 cm³/mol. The molecule has 0 unspecified atom stereocenters. The number of nitrogens with zero attached hydrogens (tertiary/aromatic N) is 3. The molecule has 5 heteroatoms. The monoisotopic (exact) mass is 773 g/mol. The molecule has 0 saturated heterocycles. The zero-order valence-corrected chi connectivity index (χ0v) is 32.9. The molecular weight excluding hydrogens is 738 g/mol. The molecule has 0 radical (unpaired) electrons. The zero-order chi connectivity index (χ0) is 39.1. The minimum absolute atomic E-state index is 0.788. The van der Waals surface area contributed by atoms with Gasteiger partial charge in [-0.3, -0.25) is 0 Å². The van der Waals surface area contributed by atoms with Crippen LogP contribution in [-0.2, 0) is 4.57 Å². The molecule has 278 valence electrons. The summed E-state index contributed by atoms with van der Waals surface area (Å²) in [5, 5.41) is 9.64. The summed E-state index contributed by atoms with van der Waals surface area (Å²) in [6.07, 6.45) is 0. The van der Waals surface area contributed by atoms with Gasteiger partial charge >= 0.3 is 0 Å². The van der Waals surface area contributed by atoms with E-state index < -0.39 is 7.14 Å². The molecule has 0 spiro atoms. The third kappa shape index (κ3) is 5.00. The third-order valence-electron chi connectivity index (χ3n) is 12.2. The van der Waals surface area contributed by atoms with Crippen LogP contribution in [0.15, 0.2) is 218 Å². The van der Waals surface area contributed by atoms with E-state index in [2.05, 4.69) is 232 Å². The highest BCUT2D eigenvalue weighted by molar-refractivity contribution is 7.85. The molecule has 0 aliphatic rings. The molecule has 0 fully saturated rings. The van der Waals surface area contributed by atoms with Crippen molar-refractivity contribution in [2.45, 2.75) is 0 Å². The van der Waals surface area contributed by atoms with E-state index in [4.69, 9.17) is 0 Å². The van der Waals surface area contributed by atoms with Crippen molar-refractivity contribution in [1.29, 1.82) is 0 Å². The van der Waals surface area contributed by atoms with Crippen molar-refractivity contribution in [3.63, 3.8) is 0 Å². The molecule has 9 aromatic carbocycles. The predicted octanol–water partition coefficient (Wildman–Crippen LogP) is 12.6. The first-order valence-corrected chi connectivity index (χ1v) is 21.8. The second kappa shape index (κ2) is 13.1. The SMILES string of the molecule is O=P(c1ccc(-n2c3ccccc3c3ccccc32)cc1)(c1ccc(-n2c3ccccc3c3ccccc32)cc1)c1ccc(-n2c3ccccc3c3ccccc32)cc1. The molecule has 0 amide bonds. The largest absolute Gasteiger partial charge is 0.309 e. The van der Waals surface area contributed by atoms with Gasteiger partial charge in [-0.1, -0.05) is 109 Å². The summed E-state index contributed by atoms with van der Waals surface area (Å²) < 4.78 is 23.2. The average Bonchev–Trinajstić information content (AvgIpc) is 3.95. The van der Waals surface area contributed by atoms with Gasteiger partial charge in [0.05, 0.1) is 33.1 Å². The molecule has 12 rings (SSSR count). The Hall–Kier alpha value is -7.39. The lowest BCUT2D eigenvalue weighted by molar-refractivity contribution is 0.592. The van der Waals surface area contributed by atoms with Gasteiger partial charge in [-0.05, 0) is 109 Å². The van der Waals surface area contributed by atoms with Crippen molar-refractivity contribution in [1.82, 2.24) is 13.7 Å². The number of benzene rings is 9. The van der Waals surface area contributed by atoms with Gasteiger partial charge in [-0.25, -0.2) is 0 Å². The Morgan fingerprint density at radius 2 is 0.424 bits per heavy atom. The standard InChI is InChI=1S/C54H36N3OP/c58-59(40-31-25-37(26-32-40)55-49-19-7-1-13-43(49)44-14-2-8-20-50(44)55,41-33-27-38(28-34-41)56-51-21-9-3-15-45(51)46-16-4-10-22-52(46)56)42-35-29-39(30-36-42)57-53-23-11-5-17-47(53)48-18-6-12-24-54(48)57/h1-36H. The molecule has 0 atom stereocenters. The second-order valence-corrected chi connectivity index (χ2v) is 18.0. The van der Waals surface area contributed by atoms with Gasteiger partial charge in [0.1, 0.15) is 0 Å². The highest BCUT2D eigenvalue weighted by atomic mass is 31.2. The van der Waals surface area contributed by atoms with Gasteiger partial charge in [0.2, 0.25) is 0 Å². The minimum Gasteiger partial charge on any atom is -0.309 e. The van der Waals surface area contributed by atoms with Crippen molar-refractivity contribution in [2.75, 3.05) is 0 Å². The number of para-hydroxylation sites is 6. The summed E-state index contributed by atoms with van der Waals surface area (Å²) in [5.74, 6) is 0. The van der Waals surface area contributed by atoms with Gasteiger partial charge in [0.25, 0.3) is 0 Å². The van der Waals surface area contributed by atoms with Gasteiger partial charge in [0.15, 0.2) is 7.14 Å². The number of rotatable bonds is 6. The van der Waals surface area contributed by atoms with Crippen LogP contribution in [0.2, 0.25) is 0 Å². The topological polar surface area (TPSA) is 31.9 Å². The number of fused-ring (bicyclic) bond motifs is 9. The van der Waals surface area contributed by atoms with E-state index in [0.717, 1.165) is 66.1 Å². The van der Waals surface area contributed by atoms with Crippen LogP contribution < -0.4 is 15.9 Å². The molecule has 4 nitrogen and oxygen atoms in total. The maximum Gasteiger partial charge on any atom is 0.171 e. The molecule has 3 heterocycles. The van der Waals surface area contributed by atoms with Crippen LogP contribution in [0.5, 0.6) is 0 Å². The fourth-order valence-corrected chi connectivity index (χ4v) is 12.1. The summed E-state index contributed by atoms with van der Waals surface area (Å²) in [6, 6.07) is 76.4. The molecule has 59 heavy (non-hydrogen) atoms. The van der Waals surface area contributed by atoms with Crippen molar-refractivity contribution in [2.24, 2.45) is 0 Å². The molecule has 12 aromatic rings. The van der Waals surface area contributed by atoms with Gasteiger partial charge in [0, 0.05) is 65.3 Å². The lowest BCUT2D eigenvalue weighted by atomic mass is 10.2. The zero-order valence-electron chi connectivity index (χ0n) is 32.0. The smallest absolute Gasteiger partial charge is 0.171 e. The Bertz CT molecular complexity index is 3080. The van der Waals surface area contributed by atoms with Crippen molar-refractivity contribution in [3.8, 4) is 17.1 Å². The van der Waals surface area contributed by atoms with E-state index >= 15 is 4.57 Å². The molecular formula is C54H36N3OP. The summed E-state index contributed by atoms with van der Waals surface area (Å²) in [6.45, 7) is 0. The normalized spacial score (nSPS) is 12.1. The van der Waals surface area contributed by atoms with E-state index in [1.54, 1.807) is 0 Å². The first-order chi connectivity index (χ1) is 29.2. The van der Waals surface area contributed by atoms with Gasteiger partial charge in [-0.2, -0.15) is 0 Å². The highest BCUT2D eigenvalue weighted by Crippen LogP contribution is 2.44. The lowest BCUT2D eigenvalue weighted by Gasteiger charge is -2.22. The van der Waals surface area contributed by atoms with Crippen LogP contribution in [0.25, 0.3) is 82.5 Å². The fourth-order valence-electron chi connectivity index (χ4n) is 9.48. The van der Waals surface area contributed by atoms with Crippen LogP contribution >= 0.6 is 7.14 Å². The van der Waals surface area contributed by atoms with E-state index in [9.17, 15) is 0 Å². The Morgan fingerprint density at radius 1 is 0.237 bits per heavy atom. The van der Waals surface area contributed by atoms with Crippen LogP contribution in [0.4, 0.5) is 0 Å². The van der Waals surface area contributed by atoms with Gasteiger partial charge in [-0.15, -0.1) is 0 Å². The Kier molecular flexibility index (Phi) is 7.47. The molecule has 0 N–H and O–H groups in total. The van der Waals surface area contributed by atoms with Crippen LogP contribution in [0.1, 0.15) is 0 Å². The van der Waals surface area contributed by atoms with E-state index in [0.29, 0.717) is 0 Å².